The number of amides is 1. The standard InChI is InChI=1S/C32H42FN3O7/c1-11-40-27-17-22(12-13-26(27)41-20(2)3)28(29(37)39-10)35(23-16-21-14-15-34-19-24(21)25(33)18-23)36(43-32(7,8)9)30(38)42-31(4,5)6/h12-20,28H,11H2,1-10H3. The molecule has 1 atom stereocenters. The van der Waals surface area contributed by atoms with Gasteiger partial charge in [0.15, 0.2) is 17.5 Å². The number of aromatic nitrogens is 1. The average Bonchev–Trinajstić information content (AvgIpc) is 2.89. The van der Waals surface area contributed by atoms with Crippen LogP contribution < -0.4 is 14.5 Å². The number of nitrogens with zero attached hydrogens (tertiary/aromatic N) is 3. The zero-order valence-corrected chi connectivity index (χ0v) is 26.6. The SMILES string of the molecule is CCOc1cc(C(C(=O)OC)N(c2cc(F)c3cnccc3c2)N(OC(C)(C)C)C(=O)OC(C)(C)C)ccc1OC(C)C. The number of halogens is 1. The van der Waals surface area contributed by atoms with Crippen molar-refractivity contribution in [1.82, 2.24) is 10.2 Å². The Morgan fingerprint density at radius 1 is 0.977 bits per heavy atom. The molecule has 0 spiro atoms. The molecule has 0 aliphatic rings. The molecule has 0 N–H and O–H groups in total. The number of esters is 1. The summed E-state index contributed by atoms with van der Waals surface area (Å²) >= 11 is 0. The number of ether oxygens (including phenoxy) is 4. The van der Waals surface area contributed by atoms with Gasteiger partial charge in [0.1, 0.15) is 11.4 Å². The number of anilines is 1. The first-order chi connectivity index (χ1) is 20.0. The Bertz CT molecular complexity index is 1430. The second-order valence-electron chi connectivity index (χ2n) is 12.1. The Labute approximate surface area is 252 Å². The van der Waals surface area contributed by atoms with Gasteiger partial charge in [-0.2, -0.15) is 0 Å². The highest BCUT2D eigenvalue weighted by molar-refractivity contribution is 5.89. The molecule has 234 valence electrons. The quantitative estimate of drug-likeness (QED) is 0.177. The minimum absolute atomic E-state index is 0.113. The fourth-order valence-electron chi connectivity index (χ4n) is 4.16. The van der Waals surface area contributed by atoms with Crippen LogP contribution in [0.1, 0.15) is 73.9 Å². The predicted octanol–water partition coefficient (Wildman–Crippen LogP) is 7.16. The van der Waals surface area contributed by atoms with Gasteiger partial charge in [0.25, 0.3) is 0 Å². The van der Waals surface area contributed by atoms with Crippen molar-refractivity contribution in [2.75, 3.05) is 18.7 Å². The van der Waals surface area contributed by atoms with Crippen molar-refractivity contribution < 1.29 is 37.8 Å². The summed E-state index contributed by atoms with van der Waals surface area (Å²) < 4.78 is 38.3. The van der Waals surface area contributed by atoms with Crippen molar-refractivity contribution in [1.29, 1.82) is 0 Å². The van der Waals surface area contributed by atoms with Crippen molar-refractivity contribution in [2.45, 2.75) is 85.7 Å². The minimum Gasteiger partial charge on any atom is -0.490 e. The van der Waals surface area contributed by atoms with Crippen LogP contribution in [0, 0.1) is 5.82 Å². The Hall–Kier alpha value is -4.12. The molecule has 2 aromatic carbocycles. The number of methoxy groups -OCH3 is 1. The molecule has 0 radical (unpaired) electrons. The summed E-state index contributed by atoms with van der Waals surface area (Å²) in [6.45, 7) is 16.2. The van der Waals surface area contributed by atoms with Crippen LogP contribution in [0.25, 0.3) is 10.8 Å². The van der Waals surface area contributed by atoms with E-state index in [0.29, 0.717) is 29.1 Å². The number of rotatable bonds is 10. The molecule has 11 heteroatoms. The van der Waals surface area contributed by atoms with Gasteiger partial charge in [-0.1, -0.05) is 11.2 Å². The van der Waals surface area contributed by atoms with Gasteiger partial charge in [0.05, 0.1) is 31.1 Å². The van der Waals surface area contributed by atoms with Gasteiger partial charge in [0, 0.05) is 17.8 Å². The summed E-state index contributed by atoms with van der Waals surface area (Å²) in [6, 6.07) is 8.03. The van der Waals surface area contributed by atoms with E-state index in [0.717, 1.165) is 5.17 Å². The zero-order chi connectivity index (χ0) is 32.1. The van der Waals surface area contributed by atoms with Crippen LogP contribution in [0.2, 0.25) is 0 Å². The normalized spacial score (nSPS) is 12.6. The topological polar surface area (TPSA) is 99.7 Å². The number of benzene rings is 2. The van der Waals surface area contributed by atoms with E-state index in [1.54, 1.807) is 71.9 Å². The summed E-state index contributed by atoms with van der Waals surface area (Å²) in [4.78, 5) is 37.7. The maximum absolute atomic E-state index is 15.6. The molecular formula is C32H42FN3O7. The van der Waals surface area contributed by atoms with E-state index in [-0.39, 0.29) is 17.2 Å². The first-order valence-corrected chi connectivity index (χ1v) is 14.1. The molecule has 0 saturated heterocycles. The Balaban J connectivity index is 2.38. The van der Waals surface area contributed by atoms with Crippen LogP contribution in [0.15, 0.2) is 48.8 Å². The van der Waals surface area contributed by atoms with Crippen LogP contribution >= 0.6 is 0 Å². The van der Waals surface area contributed by atoms with Crippen LogP contribution in [0.3, 0.4) is 0 Å². The molecule has 1 unspecified atom stereocenters. The number of hydroxylamine groups is 1. The summed E-state index contributed by atoms with van der Waals surface area (Å²) in [5, 5.41) is 2.81. The maximum Gasteiger partial charge on any atom is 0.454 e. The minimum atomic E-state index is -1.37. The second kappa shape index (κ2) is 13.5. The Kier molecular flexibility index (Phi) is 10.4. The summed E-state index contributed by atoms with van der Waals surface area (Å²) in [5.41, 5.74) is -1.42. The number of hydrogen-bond acceptors (Lipinski definition) is 9. The number of pyridine rings is 1. The molecule has 43 heavy (non-hydrogen) atoms. The van der Waals surface area contributed by atoms with E-state index in [1.807, 2.05) is 20.8 Å². The van der Waals surface area contributed by atoms with E-state index in [4.69, 9.17) is 23.8 Å². The van der Waals surface area contributed by atoms with Gasteiger partial charge >= 0.3 is 12.1 Å². The second-order valence-corrected chi connectivity index (χ2v) is 12.1. The monoisotopic (exact) mass is 599 g/mol. The molecule has 10 nitrogen and oxygen atoms in total. The third-order valence-electron chi connectivity index (χ3n) is 5.68. The molecule has 1 aromatic heterocycles. The van der Waals surface area contributed by atoms with E-state index in [2.05, 4.69) is 4.98 Å². The number of carbonyl (C=O) groups excluding carboxylic acids is 2. The van der Waals surface area contributed by atoms with Gasteiger partial charge in [-0.25, -0.2) is 23.8 Å². The van der Waals surface area contributed by atoms with Crippen molar-refractivity contribution in [3.05, 3.63) is 60.2 Å². The van der Waals surface area contributed by atoms with Gasteiger partial charge in [-0.15, -0.1) is 0 Å². The van der Waals surface area contributed by atoms with Crippen molar-refractivity contribution in [3.8, 4) is 11.5 Å². The smallest absolute Gasteiger partial charge is 0.454 e. The van der Waals surface area contributed by atoms with E-state index >= 15 is 4.39 Å². The van der Waals surface area contributed by atoms with Crippen molar-refractivity contribution in [3.63, 3.8) is 0 Å². The van der Waals surface area contributed by atoms with Crippen LogP contribution in [-0.2, 0) is 19.1 Å². The fourth-order valence-corrected chi connectivity index (χ4v) is 4.16. The third-order valence-corrected chi connectivity index (χ3v) is 5.68. The molecule has 0 saturated carbocycles. The molecule has 1 heterocycles. The number of hydrogen-bond donors (Lipinski definition) is 0. The lowest BCUT2D eigenvalue weighted by molar-refractivity contribution is -0.222. The number of hydrazine groups is 1. The largest absolute Gasteiger partial charge is 0.490 e. The van der Waals surface area contributed by atoms with Gasteiger partial charge in [-0.3, -0.25) is 4.98 Å². The molecule has 0 aliphatic heterocycles. The highest BCUT2D eigenvalue weighted by Gasteiger charge is 2.41. The predicted molar refractivity (Wildman–Crippen MR) is 161 cm³/mol. The molecule has 0 aliphatic carbocycles. The van der Waals surface area contributed by atoms with Crippen molar-refractivity contribution in [2.24, 2.45) is 0 Å². The fraction of sp³-hybridized carbons (Fsp3) is 0.469. The van der Waals surface area contributed by atoms with Gasteiger partial charge in [-0.05, 0) is 104 Å². The lowest BCUT2D eigenvalue weighted by Crippen LogP contribution is -2.54. The lowest BCUT2D eigenvalue weighted by atomic mass is 10.0. The lowest BCUT2D eigenvalue weighted by Gasteiger charge is -2.42. The summed E-state index contributed by atoms with van der Waals surface area (Å²) in [5.74, 6) is -0.542. The average molecular weight is 600 g/mol. The summed E-state index contributed by atoms with van der Waals surface area (Å²) in [7, 11) is 1.22. The Morgan fingerprint density at radius 2 is 1.67 bits per heavy atom. The van der Waals surface area contributed by atoms with E-state index < -0.39 is 35.1 Å². The van der Waals surface area contributed by atoms with Crippen LogP contribution in [-0.4, -0.2) is 53.2 Å². The summed E-state index contributed by atoms with van der Waals surface area (Å²) in [6.07, 6.45) is 1.84. The molecule has 0 fully saturated rings. The molecular weight excluding hydrogens is 557 g/mol. The molecule has 3 aromatic rings. The van der Waals surface area contributed by atoms with Crippen LogP contribution in [0.5, 0.6) is 11.5 Å². The number of carbonyl (C=O) groups is 2. The Morgan fingerprint density at radius 3 is 2.26 bits per heavy atom. The van der Waals surface area contributed by atoms with Crippen LogP contribution in [0.4, 0.5) is 14.9 Å². The first kappa shape index (κ1) is 33.4. The third kappa shape index (κ3) is 8.70. The van der Waals surface area contributed by atoms with E-state index in [9.17, 15) is 9.59 Å². The van der Waals surface area contributed by atoms with Gasteiger partial charge < -0.3 is 18.9 Å². The maximum atomic E-state index is 15.6. The first-order valence-electron chi connectivity index (χ1n) is 14.1. The van der Waals surface area contributed by atoms with Gasteiger partial charge in [0.2, 0.25) is 0 Å². The number of fused-ring (bicyclic) bond motifs is 1. The highest BCUT2D eigenvalue weighted by atomic mass is 19.1. The highest BCUT2D eigenvalue weighted by Crippen LogP contribution is 2.39. The molecule has 0 bridgehead atoms. The molecule has 1 amide bonds. The van der Waals surface area contributed by atoms with Crippen molar-refractivity contribution >= 4 is 28.5 Å². The zero-order valence-electron chi connectivity index (χ0n) is 26.6. The van der Waals surface area contributed by atoms with E-state index in [1.165, 1.54) is 30.6 Å². The molecule has 3 rings (SSSR count).